The Morgan fingerprint density at radius 1 is 0.469 bits per heavy atom. The topological polar surface area (TPSA) is 26.0 Å². The summed E-state index contributed by atoms with van der Waals surface area (Å²) in [4.78, 5) is 0. The van der Waals surface area contributed by atoms with Crippen LogP contribution in [0.5, 0.6) is 0 Å². The first-order valence-corrected chi connectivity index (χ1v) is 14.8. The van der Waals surface area contributed by atoms with E-state index < -0.39 is 0 Å². The number of nitrogens with two attached hydrogens (primary N) is 1. The van der Waals surface area contributed by atoms with E-state index in [1.54, 1.807) is 0 Å². The van der Waals surface area contributed by atoms with Gasteiger partial charge in [0.15, 0.2) is 0 Å². The molecule has 0 aromatic rings. The van der Waals surface area contributed by atoms with Gasteiger partial charge in [0, 0.05) is 0 Å². The van der Waals surface area contributed by atoms with Crippen LogP contribution >= 0.6 is 0 Å². The van der Waals surface area contributed by atoms with Crippen molar-refractivity contribution in [3.63, 3.8) is 0 Å². The van der Waals surface area contributed by atoms with Crippen molar-refractivity contribution in [3.8, 4) is 0 Å². The van der Waals surface area contributed by atoms with E-state index >= 15 is 0 Å². The Morgan fingerprint density at radius 2 is 0.844 bits per heavy atom. The van der Waals surface area contributed by atoms with Crippen molar-refractivity contribution in [2.24, 2.45) is 11.7 Å². The summed E-state index contributed by atoms with van der Waals surface area (Å²) in [7, 11) is 0. The normalized spacial score (nSPS) is 13.0. The van der Waals surface area contributed by atoms with Gasteiger partial charge in [-0.25, -0.2) is 0 Å². The minimum Gasteiger partial charge on any atom is -0.330 e. The van der Waals surface area contributed by atoms with Crippen LogP contribution in [0.15, 0.2) is 24.3 Å². The minimum atomic E-state index is 0.785. The predicted octanol–water partition coefficient (Wildman–Crippen LogP) is 10.7. The second kappa shape index (κ2) is 28.5. The number of allylic oxidation sites excluding steroid dienone is 4. The summed E-state index contributed by atoms with van der Waals surface area (Å²) in [6.07, 6.45) is 41.1. The Hall–Kier alpha value is -0.560. The summed E-state index contributed by atoms with van der Waals surface area (Å²) in [5.41, 5.74) is 6.02. The fraction of sp³-hybridized carbons (Fsp3) is 0.871. The van der Waals surface area contributed by atoms with Crippen LogP contribution in [-0.2, 0) is 0 Å². The second-order valence-corrected chi connectivity index (χ2v) is 10.1. The monoisotopic (exact) mass is 447 g/mol. The van der Waals surface area contributed by atoms with Gasteiger partial charge in [-0.2, -0.15) is 0 Å². The van der Waals surface area contributed by atoms with Crippen LogP contribution in [0.2, 0.25) is 0 Å². The zero-order valence-electron chi connectivity index (χ0n) is 22.4. The Bertz CT molecular complexity index is 384. The molecule has 1 atom stereocenters. The van der Waals surface area contributed by atoms with E-state index in [2.05, 4.69) is 38.2 Å². The van der Waals surface area contributed by atoms with Gasteiger partial charge in [-0.3, -0.25) is 0 Å². The van der Waals surface area contributed by atoms with E-state index in [9.17, 15) is 0 Å². The van der Waals surface area contributed by atoms with E-state index in [1.165, 1.54) is 141 Å². The van der Waals surface area contributed by atoms with Crippen molar-refractivity contribution in [1.29, 1.82) is 0 Å². The summed E-state index contributed by atoms with van der Waals surface area (Å²) in [5.74, 6) is 0.785. The number of hydrogen-bond donors (Lipinski definition) is 1. The van der Waals surface area contributed by atoms with Gasteiger partial charge in [-0.15, -0.1) is 0 Å². The third-order valence-electron chi connectivity index (χ3n) is 6.86. The lowest BCUT2D eigenvalue weighted by Crippen LogP contribution is -2.14. The lowest BCUT2D eigenvalue weighted by molar-refractivity contribution is 0.410. The maximum absolute atomic E-state index is 6.02. The van der Waals surface area contributed by atoms with Crippen molar-refractivity contribution < 1.29 is 0 Å². The Morgan fingerprint density at radius 3 is 1.28 bits per heavy atom. The molecule has 2 N–H and O–H groups in total. The second-order valence-electron chi connectivity index (χ2n) is 10.1. The molecule has 0 bridgehead atoms. The number of unbranched alkanes of at least 4 members (excludes halogenated alkanes) is 17. The SMILES string of the molecule is CCCCCC/C=C\C/C=C\CCCCCCCCCC(CN)CCCCCCCCC. The zero-order chi connectivity index (χ0) is 23.4. The summed E-state index contributed by atoms with van der Waals surface area (Å²) in [6, 6.07) is 0. The first-order chi connectivity index (χ1) is 15.8. The molecule has 0 saturated carbocycles. The first-order valence-electron chi connectivity index (χ1n) is 14.8. The molecule has 0 aromatic carbocycles. The average molecular weight is 448 g/mol. The van der Waals surface area contributed by atoms with Gasteiger partial charge in [0.05, 0.1) is 0 Å². The van der Waals surface area contributed by atoms with Gasteiger partial charge in [0.1, 0.15) is 0 Å². The van der Waals surface area contributed by atoms with E-state index in [1.807, 2.05) is 0 Å². The lowest BCUT2D eigenvalue weighted by Gasteiger charge is -2.14. The molecule has 1 nitrogen and oxygen atoms in total. The summed E-state index contributed by atoms with van der Waals surface area (Å²) < 4.78 is 0. The highest BCUT2D eigenvalue weighted by molar-refractivity contribution is 4.92. The molecule has 190 valence electrons. The van der Waals surface area contributed by atoms with Gasteiger partial charge in [0.2, 0.25) is 0 Å². The standard InChI is InChI=1S/C31H61N/c1-3-5-7-9-11-12-13-14-15-16-17-18-19-20-21-23-25-27-29-31(30-32)28-26-24-22-10-8-6-4-2/h12-13,15-16,31H,3-11,14,17-30,32H2,1-2H3/b13-12-,16-15-. The fourth-order valence-corrected chi connectivity index (χ4v) is 4.54. The predicted molar refractivity (Wildman–Crippen MR) is 148 cm³/mol. The molecule has 0 aliphatic rings. The van der Waals surface area contributed by atoms with Crippen LogP contribution in [0, 0.1) is 5.92 Å². The quantitative estimate of drug-likeness (QED) is 0.103. The highest BCUT2D eigenvalue weighted by Crippen LogP contribution is 2.18. The third-order valence-corrected chi connectivity index (χ3v) is 6.86. The molecule has 0 saturated heterocycles. The van der Waals surface area contributed by atoms with Crippen LogP contribution in [-0.4, -0.2) is 6.54 Å². The summed E-state index contributed by atoms with van der Waals surface area (Å²) in [5, 5.41) is 0. The van der Waals surface area contributed by atoms with E-state index in [0.29, 0.717) is 0 Å². The molecule has 0 fully saturated rings. The molecule has 0 rings (SSSR count). The maximum Gasteiger partial charge on any atom is -0.00489 e. The molecule has 0 heterocycles. The fourth-order valence-electron chi connectivity index (χ4n) is 4.54. The molecule has 0 spiro atoms. The smallest absolute Gasteiger partial charge is 0.00489 e. The molecule has 0 radical (unpaired) electrons. The molecule has 32 heavy (non-hydrogen) atoms. The summed E-state index contributed by atoms with van der Waals surface area (Å²) >= 11 is 0. The molecule has 0 aliphatic heterocycles. The van der Waals surface area contributed by atoms with Gasteiger partial charge in [-0.1, -0.05) is 141 Å². The van der Waals surface area contributed by atoms with Crippen molar-refractivity contribution in [2.75, 3.05) is 6.54 Å². The molecule has 0 aliphatic carbocycles. The third kappa shape index (κ3) is 25.7. The minimum absolute atomic E-state index is 0.785. The Labute approximate surface area is 204 Å². The lowest BCUT2D eigenvalue weighted by atomic mass is 9.94. The van der Waals surface area contributed by atoms with E-state index in [0.717, 1.165) is 18.9 Å². The van der Waals surface area contributed by atoms with E-state index in [-0.39, 0.29) is 0 Å². The van der Waals surface area contributed by atoms with Gasteiger partial charge < -0.3 is 5.73 Å². The molecule has 1 unspecified atom stereocenters. The van der Waals surface area contributed by atoms with Gasteiger partial charge >= 0.3 is 0 Å². The number of rotatable bonds is 26. The Kier molecular flexibility index (Phi) is 28.0. The van der Waals surface area contributed by atoms with Crippen LogP contribution in [0.3, 0.4) is 0 Å². The molecule has 0 amide bonds. The van der Waals surface area contributed by atoms with Gasteiger partial charge in [-0.05, 0) is 57.4 Å². The maximum atomic E-state index is 6.02. The average Bonchev–Trinajstić information content (AvgIpc) is 2.81. The van der Waals surface area contributed by atoms with Crippen LogP contribution < -0.4 is 5.73 Å². The Balaban J connectivity index is 3.33. The van der Waals surface area contributed by atoms with Crippen LogP contribution in [0.25, 0.3) is 0 Å². The molecule has 1 heteroatoms. The van der Waals surface area contributed by atoms with Crippen LogP contribution in [0.4, 0.5) is 0 Å². The number of hydrogen-bond acceptors (Lipinski definition) is 1. The summed E-state index contributed by atoms with van der Waals surface area (Å²) in [6.45, 7) is 5.47. The van der Waals surface area contributed by atoms with Gasteiger partial charge in [0.25, 0.3) is 0 Å². The van der Waals surface area contributed by atoms with Crippen molar-refractivity contribution >= 4 is 0 Å². The van der Waals surface area contributed by atoms with Crippen molar-refractivity contribution in [3.05, 3.63) is 24.3 Å². The first kappa shape index (κ1) is 31.4. The van der Waals surface area contributed by atoms with E-state index in [4.69, 9.17) is 5.73 Å². The highest BCUT2D eigenvalue weighted by Gasteiger charge is 2.06. The largest absolute Gasteiger partial charge is 0.330 e. The van der Waals surface area contributed by atoms with Crippen molar-refractivity contribution in [2.45, 2.75) is 162 Å². The van der Waals surface area contributed by atoms with Crippen LogP contribution in [0.1, 0.15) is 162 Å². The molecular formula is C31H61N. The van der Waals surface area contributed by atoms with Crippen molar-refractivity contribution in [1.82, 2.24) is 0 Å². The molecular weight excluding hydrogens is 386 g/mol. The zero-order valence-corrected chi connectivity index (χ0v) is 22.4. The highest BCUT2D eigenvalue weighted by atomic mass is 14.5. The molecule has 0 aromatic heterocycles.